The number of amides is 1. The molecule has 150 valence electrons. The number of hydrogen-bond acceptors (Lipinski definition) is 6. The second kappa shape index (κ2) is 8.63. The van der Waals surface area contributed by atoms with E-state index in [1.54, 1.807) is 24.0 Å². The van der Waals surface area contributed by atoms with Crippen molar-refractivity contribution in [3.63, 3.8) is 0 Å². The zero-order chi connectivity index (χ0) is 20.2. The van der Waals surface area contributed by atoms with Gasteiger partial charge in [-0.25, -0.2) is 4.98 Å². The first-order valence-corrected chi connectivity index (χ1v) is 10.5. The minimum Gasteiger partial charge on any atom is -0.508 e. The zero-order valence-electron chi connectivity index (χ0n) is 16.4. The van der Waals surface area contributed by atoms with E-state index in [1.165, 1.54) is 11.3 Å². The third-order valence-electron chi connectivity index (χ3n) is 5.03. The normalized spacial score (nSPS) is 14.7. The van der Waals surface area contributed by atoms with E-state index in [0.29, 0.717) is 10.9 Å². The van der Waals surface area contributed by atoms with Crippen molar-refractivity contribution in [2.75, 3.05) is 36.0 Å². The molecular weight excluding hydrogens is 384 g/mol. The number of aromatic hydroxyl groups is 1. The van der Waals surface area contributed by atoms with Crippen LogP contribution in [0.3, 0.4) is 0 Å². The van der Waals surface area contributed by atoms with Crippen LogP contribution in [0.1, 0.15) is 12.6 Å². The summed E-state index contributed by atoms with van der Waals surface area (Å²) in [4.78, 5) is 23.3. The Morgan fingerprint density at radius 1 is 1.07 bits per heavy atom. The van der Waals surface area contributed by atoms with Crippen molar-refractivity contribution < 1.29 is 9.90 Å². The van der Waals surface area contributed by atoms with Gasteiger partial charge in [-0.15, -0.1) is 11.3 Å². The van der Waals surface area contributed by atoms with Gasteiger partial charge in [-0.3, -0.25) is 14.6 Å². The molecular formula is C22H24N4O2S. The number of phenolic OH excluding ortho intramolecular Hbond substituents is 1. The molecule has 6 nitrogen and oxygen atoms in total. The number of carbonyl (C=O) groups excluding carboxylic acids is 1. The minimum absolute atomic E-state index is 0.0420. The summed E-state index contributed by atoms with van der Waals surface area (Å²) in [6.45, 7) is 6.11. The molecule has 0 aliphatic carbocycles. The molecule has 0 saturated carbocycles. The fourth-order valence-electron chi connectivity index (χ4n) is 3.53. The van der Waals surface area contributed by atoms with E-state index in [-0.39, 0.29) is 5.91 Å². The number of piperazine rings is 1. The van der Waals surface area contributed by atoms with E-state index in [1.807, 2.05) is 47.8 Å². The van der Waals surface area contributed by atoms with Gasteiger partial charge < -0.3 is 10.0 Å². The number of benzene rings is 2. The van der Waals surface area contributed by atoms with E-state index in [2.05, 4.69) is 9.80 Å². The molecule has 1 aliphatic heterocycles. The van der Waals surface area contributed by atoms with Crippen LogP contribution in [0.2, 0.25) is 0 Å². The highest BCUT2D eigenvalue weighted by Gasteiger charge is 2.21. The van der Waals surface area contributed by atoms with Gasteiger partial charge in [0, 0.05) is 50.7 Å². The molecule has 0 spiro atoms. The summed E-state index contributed by atoms with van der Waals surface area (Å²) >= 11 is 1.50. The molecule has 1 amide bonds. The number of aromatic nitrogens is 1. The molecule has 4 rings (SSSR count). The lowest BCUT2D eigenvalue weighted by Crippen LogP contribution is -2.46. The van der Waals surface area contributed by atoms with Crippen LogP contribution in [0.5, 0.6) is 5.75 Å². The predicted octanol–water partition coefficient (Wildman–Crippen LogP) is 3.86. The van der Waals surface area contributed by atoms with E-state index in [4.69, 9.17) is 4.98 Å². The Kier molecular flexibility index (Phi) is 5.78. The maximum atomic E-state index is 12.2. The number of phenols is 1. The Balaban J connectivity index is 1.38. The molecule has 1 saturated heterocycles. The first-order valence-electron chi connectivity index (χ1n) is 9.66. The largest absolute Gasteiger partial charge is 0.508 e. The van der Waals surface area contributed by atoms with Crippen LogP contribution >= 0.6 is 11.3 Å². The average Bonchev–Trinajstić information content (AvgIpc) is 3.18. The van der Waals surface area contributed by atoms with Crippen molar-refractivity contribution in [3.05, 3.63) is 65.7 Å². The lowest BCUT2D eigenvalue weighted by Gasteiger charge is -2.35. The van der Waals surface area contributed by atoms with Crippen molar-refractivity contribution >= 4 is 33.8 Å². The second-order valence-corrected chi connectivity index (χ2v) is 7.93. The fraction of sp³-hybridized carbons (Fsp3) is 0.273. The number of rotatable bonds is 5. The molecule has 1 fully saturated rings. The van der Waals surface area contributed by atoms with Crippen LogP contribution in [0.15, 0.2) is 60.0 Å². The van der Waals surface area contributed by atoms with Gasteiger partial charge in [-0.1, -0.05) is 18.2 Å². The maximum Gasteiger partial charge on any atom is 0.230 e. The third kappa shape index (κ3) is 4.58. The van der Waals surface area contributed by atoms with Crippen LogP contribution in [-0.2, 0) is 11.3 Å². The molecule has 0 radical (unpaired) electrons. The second-order valence-electron chi connectivity index (χ2n) is 7.09. The number of carbonyl (C=O) groups is 1. The molecule has 1 aliphatic rings. The monoisotopic (exact) mass is 408 g/mol. The maximum absolute atomic E-state index is 12.2. The summed E-state index contributed by atoms with van der Waals surface area (Å²) in [5.41, 5.74) is 2.96. The SMILES string of the molecule is CC(=O)N(c1ccccc1)c1nc(CN2CCN(c3ccc(O)cc3)CC2)cs1. The van der Waals surface area contributed by atoms with E-state index < -0.39 is 0 Å². The summed E-state index contributed by atoms with van der Waals surface area (Å²) in [7, 11) is 0. The smallest absolute Gasteiger partial charge is 0.230 e. The Hall–Kier alpha value is -2.90. The van der Waals surface area contributed by atoms with Crippen molar-refractivity contribution in [2.45, 2.75) is 13.5 Å². The molecule has 3 aromatic rings. The van der Waals surface area contributed by atoms with Gasteiger partial charge in [0.1, 0.15) is 5.75 Å². The number of thiazole rings is 1. The summed E-state index contributed by atoms with van der Waals surface area (Å²) < 4.78 is 0. The highest BCUT2D eigenvalue weighted by molar-refractivity contribution is 7.14. The Labute approximate surface area is 174 Å². The van der Waals surface area contributed by atoms with Gasteiger partial charge in [-0.05, 0) is 36.4 Å². The fourth-order valence-corrected chi connectivity index (χ4v) is 4.41. The average molecular weight is 409 g/mol. The molecule has 2 aromatic carbocycles. The predicted molar refractivity (Wildman–Crippen MR) is 117 cm³/mol. The Morgan fingerprint density at radius 2 is 1.76 bits per heavy atom. The number of nitrogens with zero attached hydrogens (tertiary/aromatic N) is 4. The van der Waals surface area contributed by atoms with E-state index in [0.717, 1.165) is 49.8 Å². The highest BCUT2D eigenvalue weighted by Crippen LogP contribution is 2.29. The quantitative estimate of drug-likeness (QED) is 0.695. The molecule has 0 atom stereocenters. The molecule has 2 heterocycles. The third-order valence-corrected chi connectivity index (χ3v) is 5.91. The first-order chi connectivity index (χ1) is 14.1. The lowest BCUT2D eigenvalue weighted by molar-refractivity contribution is -0.115. The molecule has 0 bridgehead atoms. The summed E-state index contributed by atoms with van der Waals surface area (Å²) in [5, 5.41) is 12.2. The Morgan fingerprint density at radius 3 is 2.41 bits per heavy atom. The topological polar surface area (TPSA) is 59.9 Å². The van der Waals surface area contributed by atoms with Gasteiger partial charge in [0.15, 0.2) is 5.13 Å². The van der Waals surface area contributed by atoms with Gasteiger partial charge >= 0.3 is 0 Å². The van der Waals surface area contributed by atoms with Crippen LogP contribution in [-0.4, -0.2) is 47.1 Å². The van der Waals surface area contributed by atoms with Crippen LogP contribution in [0.4, 0.5) is 16.5 Å². The lowest BCUT2D eigenvalue weighted by atomic mass is 10.2. The molecule has 1 aromatic heterocycles. The first kappa shape index (κ1) is 19.4. The number of para-hydroxylation sites is 1. The van der Waals surface area contributed by atoms with E-state index in [9.17, 15) is 9.90 Å². The number of hydrogen-bond donors (Lipinski definition) is 1. The van der Waals surface area contributed by atoms with Crippen LogP contribution < -0.4 is 9.80 Å². The van der Waals surface area contributed by atoms with Crippen molar-refractivity contribution in [1.29, 1.82) is 0 Å². The minimum atomic E-state index is -0.0420. The summed E-state index contributed by atoms with van der Waals surface area (Å²) in [6, 6.07) is 17.0. The van der Waals surface area contributed by atoms with Crippen molar-refractivity contribution in [3.8, 4) is 5.75 Å². The molecule has 0 unspecified atom stereocenters. The van der Waals surface area contributed by atoms with Gasteiger partial charge in [-0.2, -0.15) is 0 Å². The van der Waals surface area contributed by atoms with E-state index >= 15 is 0 Å². The van der Waals surface area contributed by atoms with Crippen LogP contribution in [0.25, 0.3) is 0 Å². The van der Waals surface area contributed by atoms with Gasteiger partial charge in [0.25, 0.3) is 0 Å². The van der Waals surface area contributed by atoms with Crippen molar-refractivity contribution in [2.24, 2.45) is 0 Å². The highest BCUT2D eigenvalue weighted by atomic mass is 32.1. The van der Waals surface area contributed by atoms with Gasteiger partial charge in [0.2, 0.25) is 5.91 Å². The van der Waals surface area contributed by atoms with Crippen LogP contribution in [0, 0.1) is 0 Å². The number of anilines is 3. The molecule has 7 heteroatoms. The standard InChI is InChI=1S/C22H24N4O2S/c1-17(27)26(20-5-3-2-4-6-20)22-23-18(16-29-22)15-24-11-13-25(14-12-24)19-7-9-21(28)10-8-19/h2-10,16,28H,11-15H2,1H3. The zero-order valence-corrected chi connectivity index (χ0v) is 17.2. The Bertz CT molecular complexity index is 950. The molecule has 29 heavy (non-hydrogen) atoms. The summed E-state index contributed by atoms with van der Waals surface area (Å²) in [5.74, 6) is 0.251. The molecule has 1 N–H and O–H groups in total. The summed E-state index contributed by atoms with van der Waals surface area (Å²) in [6.07, 6.45) is 0. The van der Waals surface area contributed by atoms with Gasteiger partial charge in [0.05, 0.1) is 11.4 Å². The van der Waals surface area contributed by atoms with Crippen molar-refractivity contribution in [1.82, 2.24) is 9.88 Å².